The maximum atomic E-state index is 12.5. The Balaban J connectivity index is 1.93. The average molecular weight is 276 g/mol. The van der Waals surface area contributed by atoms with Crippen LogP contribution in [0.1, 0.15) is 38.2 Å². The Morgan fingerprint density at radius 1 is 1.40 bits per heavy atom. The van der Waals surface area contributed by atoms with Gasteiger partial charge in [-0.15, -0.1) is 0 Å². The molecule has 0 spiro atoms. The number of aromatic hydroxyl groups is 1. The number of phenols is 1. The normalized spacial score (nSPS) is 15.9. The third kappa shape index (κ3) is 3.97. The summed E-state index contributed by atoms with van der Waals surface area (Å²) in [5, 5.41) is 9.26. The fourth-order valence-corrected chi connectivity index (χ4v) is 2.37. The van der Waals surface area contributed by atoms with Crippen LogP contribution in [-0.4, -0.2) is 34.5 Å². The number of hydrogen-bond donors (Lipinski definition) is 2. The number of amides is 1. The molecule has 0 bridgehead atoms. The Morgan fingerprint density at radius 2 is 2.05 bits per heavy atom. The molecule has 0 saturated heterocycles. The van der Waals surface area contributed by atoms with Gasteiger partial charge in [-0.1, -0.05) is 25.5 Å². The molecule has 0 radical (unpaired) electrons. The van der Waals surface area contributed by atoms with Crippen LogP contribution >= 0.6 is 0 Å². The minimum Gasteiger partial charge on any atom is -0.508 e. The van der Waals surface area contributed by atoms with E-state index in [4.69, 9.17) is 5.73 Å². The Kier molecular flexibility index (Phi) is 5.01. The van der Waals surface area contributed by atoms with Gasteiger partial charge in [0.15, 0.2) is 0 Å². The predicted molar refractivity (Wildman–Crippen MR) is 79.4 cm³/mol. The van der Waals surface area contributed by atoms with Crippen LogP contribution in [0.3, 0.4) is 0 Å². The van der Waals surface area contributed by atoms with Crippen molar-refractivity contribution in [1.29, 1.82) is 0 Å². The van der Waals surface area contributed by atoms with Crippen molar-refractivity contribution in [2.75, 3.05) is 6.54 Å². The number of nitrogens with zero attached hydrogens (tertiary/aromatic N) is 1. The Bertz CT molecular complexity index is 440. The molecule has 0 heterocycles. The highest BCUT2D eigenvalue weighted by Crippen LogP contribution is 2.28. The van der Waals surface area contributed by atoms with E-state index in [-0.39, 0.29) is 11.7 Å². The van der Waals surface area contributed by atoms with E-state index in [9.17, 15) is 9.90 Å². The highest BCUT2D eigenvalue weighted by Gasteiger charge is 2.34. The summed E-state index contributed by atoms with van der Waals surface area (Å²) in [6.45, 7) is 2.95. The van der Waals surface area contributed by atoms with Gasteiger partial charge in [0.1, 0.15) is 5.75 Å². The molecule has 1 atom stereocenters. The number of nitrogens with two attached hydrogens (primary N) is 1. The van der Waals surface area contributed by atoms with Gasteiger partial charge in [0.05, 0.1) is 6.04 Å². The van der Waals surface area contributed by atoms with Crippen LogP contribution in [0.4, 0.5) is 0 Å². The summed E-state index contributed by atoms with van der Waals surface area (Å²) in [6, 6.07) is 6.81. The van der Waals surface area contributed by atoms with Crippen molar-refractivity contribution in [1.82, 2.24) is 4.90 Å². The summed E-state index contributed by atoms with van der Waals surface area (Å²) in [4.78, 5) is 14.4. The number of carbonyl (C=O) groups excluding carboxylic acids is 1. The Morgan fingerprint density at radius 3 is 2.60 bits per heavy atom. The Labute approximate surface area is 120 Å². The van der Waals surface area contributed by atoms with Gasteiger partial charge in [-0.2, -0.15) is 0 Å². The summed E-state index contributed by atoms with van der Waals surface area (Å²) < 4.78 is 0. The van der Waals surface area contributed by atoms with Crippen molar-refractivity contribution in [2.45, 2.75) is 51.1 Å². The van der Waals surface area contributed by atoms with Crippen LogP contribution < -0.4 is 5.73 Å². The first-order chi connectivity index (χ1) is 9.61. The summed E-state index contributed by atoms with van der Waals surface area (Å²) in [7, 11) is 0. The monoisotopic (exact) mass is 276 g/mol. The number of carbonyl (C=O) groups is 1. The zero-order valence-corrected chi connectivity index (χ0v) is 12.1. The minimum absolute atomic E-state index is 0.0639. The van der Waals surface area contributed by atoms with Crippen LogP contribution in [0.25, 0.3) is 0 Å². The number of hydrogen-bond acceptors (Lipinski definition) is 3. The van der Waals surface area contributed by atoms with E-state index in [0.29, 0.717) is 12.5 Å². The molecule has 1 amide bonds. The number of benzene rings is 1. The summed E-state index contributed by atoms with van der Waals surface area (Å²) >= 11 is 0. The van der Waals surface area contributed by atoms with Crippen molar-refractivity contribution in [3.63, 3.8) is 0 Å². The molecular formula is C16H24N2O2. The zero-order valence-electron chi connectivity index (χ0n) is 12.1. The highest BCUT2D eigenvalue weighted by molar-refractivity contribution is 5.82. The average Bonchev–Trinajstić information content (AvgIpc) is 3.26. The second kappa shape index (κ2) is 6.75. The predicted octanol–water partition coefficient (Wildman–Crippen LogP) is 2.05. The number of phenolic OH excluding ortho intramolecular Hbond substituents is 1. The van der Waals surface area contributed by atoms with Gasteiger partial charge in [-0.3, -0.25) is 4.79 Å². The SMILES string of the molecule is CCCCN(C(=O)[C@@H](N)Cc1ccc(O)cc1)C1CC1. The quantitative estimate of drug-likeness (QED) is 0.801. The van der Waals surface area contributed by atoms with Crippen molar-refractivity contribution >= 4 is 5.91 Å². The van der Waals surface area contributed by atoms with Crippen LogP contribution in [-0.2, 0) is 11.2 Å². The zero-order chi connectivity index (χ0) is 14.5. The maximum Gasteiger partial charge on any atom is 0.240 e. The van der Waals surface area contributed by atoms with E-state index in [2.05, 4.69) is 6.92 Å². The molecule has 1 aliphatic carbocycles. The largest absolute Gasteiger partial charge is 0.508 e. The van der Waals surface area contributed by atoms with Crippen molar-refractivity contribution < 1.29 is 9.90 Å². The minimum atomic E-state index is -0.489. The van der Waals surface area contributed by atoms with Gasteiger partial charge < -0.3 is 15.7 Å². The van der Waals surface area contributed by atoms with Gasteiger partial charge in [0, 0.05) is 12.6 Å². The van der Waals surface area contributed by atoms with Gasteiger partial charge >= 0.3 is 0 Å². The molecule has 110 valence electrons. The maximum absolute atomic E-state index is 12.5. The topological polar surface area (TPSA) is 66.6 Å². The third-order valence-electron chi connectivity index (χ3n) is 3.73. The van der Waals surface area contributed by atoms with E-state index < -0.39 is 6.04 Å². The van der Waals surface area contributed by atoms with E-state index in [1.807, 2.05) is 17.0 Å². The molecule has 1 saturated carbocycles. The molecule has 3 N–H and O–H groups in total. The Hall–Kier alpha value is -1.55. The van der Waals surface area contributed by atoms with Crippen LogP contribution in [0.5, 0.6) is 5.75 Å². The third-order valence-corrected chi connectivity index (χ3v) is 3.73. The van der Waals surface area contributed by atoms with E-state index in [0.717, 1.165) is 37.8 Å². The first kappa shape index (κ1) is 14.9. The van der Waals surface area contributed by atoms with Crippen LogP contribution in [0.15, 0.2) is 24.3 Å². The molecule has 0 aromatic heterocycles. The highest BCUT2D eigenvalue weighted by atomic mass is 16.3. The van der Waals surface area contributed by atoms with E-state index in [1.54, 1.807) is 12.1 Å². The van der Waals surface area contributed by atoms with Gasteiger partial charge in [-0.05, 0) is 43.4 Å². The van der Waals surface area contributed by atoms with Gasteiger partial charge in [0.2, 0.25) is 5.91 Å². The van der Waals surface area contributed by atoms with Crippen molar-refractivity contribution in [3.05, 3.63) is 29.8 Å². The van der Waals surface area contributed by atoms with Crippen molar-refractivity contribution in [3.8, 4) is 5.75 Å². The van der Waals surface area contributed by atoms with Gasteiger partial charge in [0.25, 0.3) is 0 Å². The molecule has 4 heteroatoms. The lowest BCUT2D eigenvalue weighted by atomic mass is 10.1. The molecule has 1 aromatic rings. The molecular weight excluding hydrogens is 252 g/mol. The second-order valence-electron chi connectivity index (χ2n) is 5.59. The lowest BCUT2D eigenvalue weighted by Gasteiger charge is -2.25. The summed E-state index contributed by atoms with van der Waals surface area (Å²) in [5.41, 5.74) is 7.05. The fourth-order valence-electron chi connectivity index (χ4n) is 2.37. The smallest absolute Gasteiger partial charge is 0.240 e. The molecule has 20 heavy (non-hydrogen) atoms. The first-order valence-corrected chi connectivity index (χ1v) is 7.45. The van der Waals surface area contributed by atoms with E-state index >= 15 is 0 Å². The molecule has 2 rings (SSSR count). The molecule has 1 aromatic carbocycles. The van der Waals surface area contributed by atoms with Crippen LogP contribution in [0, 0.1) is 0 Å². The summed E-state index contributed by atoms with van der Waals surface area (Å²) in [6.07, 6.45) is 4.87. The second-order valence-corrected chi connectivity index (χ2v) is 5.59. The van der Waals surface area contributed by atoms with Crippen LogP contribution in [0.2, 0.25) is 0 Å². The molecule has 4 nitrogen and oxygen atoms in total. The lowest BCUT2D eigenvalue weighted by molar-refractivity contribution is -0.133. The van der Waals surface area contributed by atoms with Crippen molar-refractivity contribution in [2.24, 2.45) is 5.73 Å². The number of unbranched alkanes of at least 4 members (excludes halogenated alkanes) is 1. The molecule has 0 aliphatic heterocycles. The molecule has 0 unspecified atom stereocenters. The number of rotatable bonds is 7. The lowest BCUT2D eigenvalue weighted by Crippen LogP contribution is -2.46. The first-order valence-electron chi connectivity index (χ1n) is 7.45. The van der Waals surface area contributed by atoms with E-state index in [1.165, 1.54) is 0 Å². The molecule has 1 fully saturated rings. The molecule has 1 aliphatic rings. The summed E-state index contributed by atoms with van der Waals surface area (Å²) in [5.74, 6) is 0.297. The van der Waals surface area contributed by atoms with Gasteiger partial charge in [-0.25, -0.2) is 0 Å². The fraction of sp³-hybridized carbons (Fsp3) is 0.562. The standard InChI is InChI=1S/C16H24N2O2/c1-2-3-10-18(13-6-7-13)16(20)15(17)11-12-4-8-14(19)9-5-12/h4-5,8-9,13,15,19H,2-3,6-7,10-11,17H2,1H3/t15-/m0/s1.